The Labute approximate surface area is 110 Å². The Hall–Kier alpha value is -2.15. The molecule has 0 saturated carbocycles. The predicted molar refractivity (Wildman–Crippen MR) is 71.3 cm³/mol. The Morgan fingerprint density at radius 2 is 1.89 bits per heavy atom. The van der Waals surface area contributed by atoms with Crippen LogP contribution in [0.4, 0.5) is 15.9 Å². The molecule has 0 amide bonds. The molecule has 19 heavy (non-hydrogen) atoms. The van der Waals surface area contributed by atoms with Crippen molar-refractivity contribution < 1.29 is 12.8 Å². The van der Waals surface area contributed by atoms with Gasteiger partial charge in [0.25, 0.3) is 0 Å². The summed E-state index contributed by atoms with van der Waals surface area (Å²) in [6, 6.07) is 10.5. The number of benzene rings is 1. The van der Waals surface area contributed by atoms with Crippen molar-refractivity contribution in [3.63, 3.8) is 0 Å². The molecular weight excluding hydrogens is 269 g/mol. The first-order valence-corrected chi connectivity index (χ1v) is 7.08. The Bertz CT molecular complexity index is 689. The first kappa shape index (κ1) is 13.3. The minimum atomic E-state index is -3.69. The number of rotatable bonds is 4. The van der Waals surface area contributed by atoms with Crippen molar-refractivity contribution in [2.45, 2.75) is 5.75 Å². The minimum Gasteiger partial charge on any atom is -0.398 e. The van der Waals surface area contributed by atoms with Crippen LogP contribution in [0, 0.1) is 5.95 Å². The molecule has 1 aromatic carbocycles. The third-order valence-electron chi connectivity index (χ3n) is 2.38. The van der Waals surface area contributed by atoms with Crippen molar-refractivity contribution in [3.05, 3.63) is 54.0 Å². The van der Waals surface area contributed by atoms with Crippen molar-refractivity contribution in [1.82, 2.24) is 4.98 Å². The second kappa shape index (κ2) is 5.23. The second-order valence-electron chi connectivity index (χ2n) is 3.91. The van der Waals surface area contributed by atoms with E-state index in [2.05, 4.69) is 9.71 Å². The largest absolute Gasteiger partial charge is 0.398 e. The number of anilines is 2. The lowest BCUT2D eigenvalue weighted by molar-refractivity contribution is 0.584. The van der Waals surface area contributed by atoms with Gasteiger partial charge in [0.05, 0.1) is 5.75 Å². The lowest BCUT2D eigenvalue weighted by Gasteiger charge is -2.08. The number of halogens is 1. The number of aromatic nitrogens is 1. The summed E-state index contributed by atoms with van der Waals surface area (Å²) in [4.78, 5) is 3.43. The molecule has 0 fully saturated rings. The van der Waals surface area contributed by atoms with Crippen molar-refractivity contribution in [3.8, 4) is 0 Å². The lowest BCUT2D eigenvalue weighted by Crippen LogP contribution is -2.16. The fourth-order valence-electron chi connectivity index (χ4n) is 1.53. The molecule has 2 rings (SSSR count). The first-order valence-electron chi connectivity index (χ1n) is 5.43. The summed E-state index contributed by atoms with van der Waals surface area (Å²) in [5.41, 5.74) is 6.54. The van der Waals surface area contributed by atoms with E-state index >= 15 is 0 Å². The summed E-state index contributed by atoms with van der Waals surface area (Å²) in [6.45, 7) is 0. The van der Waals surface area contributed by atoms with Gasteiger partial charge in [-0.1, -0.05) is 24.3 Å². The molecular formula is C12H12FN3O2S. The second-order valence-corrected chi connectivity index (χ2v) is 5.63. The van der Waals surface area contributed by atoms with Crippen molar-refractivity contribution >= 4 is 21.5 Å². The van der Waals surface area contributed by atoms with Crippen molar-refractivity contribution in [1.29, 1.82) is 0 Å². The van der Waals surface area contributed by atoms with Crippen LogP contribution >= 0.6 is 0 Å². The lowest BCUT2D eigenvalue weighted by atomic mass is 10.2. The van der Waals surface area contributed by atoms with Gasteiger partial charge in [-0.05, 0) is 23.8 Å². The molecule has 0 aliphatic rings. The van der Waals surface area contributed by atoms with Crippen LogP contribution in [0.15, 0.2) is 42.5 Å². The Morgan fingerprint density at radius 3 is 2.58 bits per heavy atom. The van der Waals surface area contributed by atoms with Crippen molar-refractivity contribution in [2.24, 2.45) is 0 Å². The molecule has 0 atom stereocenters. The highest BCUT2D eigenvalue weighted by atomic mass is 32.2. The molecule has 1 aromatic heterocycles. The molecule has 5 nitrogen and oxygen atoms in total. The molecule has 0 unspecified atom stereocenters. The van der Waals surface area contributed by atoms with Crippen LogP contribution in [0.5, 0.6) is 0 Å². The first-order chi connectivity index (χ1) is 8.96. The normalized spacial score (nSPS) is 11.2. The van der Waals surface area contributed by atoms with E-state index in [1.165, 1.54) is 12.1 Å². The maximum Gasteiger partial charge on any atom is 0.238 e. The molecule has 0 aliphatic heterocycles. The van der Waals surface area contributed by atoms with Crippen LogP contribution in [-0.2, 0) is 15.8 Å². The van der Waals surface area contributed by atoms with E-state index in [1.807, 2.05) is 0 Å². The van der Waals surface area contributed by atoms with E-state index in [1.54, 1.807) is 24.3 Å². The van der Waals surface area contributed by atoms with E-state index in [4.69, 9.17) is 5.73 Å². The van der Waals surface area contributed by atoms with Crippen LogP contribution in [0.1, 0.15) is 5.56 Å². The predicted octanol–water partition coefficient (Wildman–Crippen LogP) is 1.74. The van der Waals surface area contributed by atoms with Gasteiger partial charge in [-0.3, -0.25) is 4.72 Å². The van der Waals surface area contributed by atoms with Gasteiger partial charge in [-0.2, -0.15) is 4.39 Å². The highest BCUT2D eigenvalue weighted by Crippen LogP contribution is 2.16. The van der Waals surface area contributed by atoms with Gasteiger partial charge < -0.3 is 5.73 Å². The Morgan fingerprint density at radius 1 is 1.16 bits per heavy atom. The number of pyridine rings is 1. The van der Waals surface area contributed by atoms with Gasteiger partial charge in [0.2, 0.25) is 16.0 Å². The number of para-hydroxylation sites is 1. The average molecular weight is 281 g/mol. The van der Waals surface area contributed by atoms with Gasteiger partial charge in [0.15, 0.2) is 0 Å². The van der Waals surface area contributed by atoms with E-state index in [0.717, 1.165) is 6.07 Å². The van der Waals surface area contributed by atoms with E-state index in [9.17, 15) is 12.8 Å². The molecule has 7 heteroatoms. The third-order valence-corrected chi connectivity index (χ3v) is 3.59. The van der Waals surface area contributed by atoms with Crippen LogP contribution in [0.2, 0.25) is 0 Å². The number of nitrogens with zero attached hydrogens (tertiary/aromatic N) is 1. The summed E-state index contributed by atoms with van der Waals surface area (Å²) in [5.74, 6) is -1.10. The summed E-state index contributed by atoms with van der Waals surface area (Å²) >= 11 is 0. The van der Waals surface area contributed by atoms with E-state index in [-0.39, 0.29) is 11.6 Å². The van der Waals surface area contributed by atoms with Crippen molar-refractivity contribution in [2.75, 3.05) is 10.5 Å². The van der Waals surface area contributed by atoms with Gasteiger partial charge in [0.1, 0.15) is 5.82 Å². The van der Waals surface area contributed by atoms with Gasteiger partial charge in [-0.15, -0.1) is 0 Å². The molecule has 0 radical (unpaired) electrons. The minimum absolute atomic E-state index is 0.0606. The molecule has 3 N–H and O–H groups in total. The molecule has 0 aliphatic carbocycles. The number of hydrogen-bond acceptors (Lipinski definition) is 4. The summed E-state index contributed by atoms with van der Waals surface area (Å²) in [7, 11) is -3.69. The number of nitrogens with two attached hydrogens (primary N) is 1. The quantitative estimate of drug-likeness (QED) is 0.660. The molecule has 100 valence electrons. The average Bonchev–Trinajstić information content (AvgIpc) is 2.31. The highest BCUT2D eigenvalue weighted by Gasteiger charge is 2.14. The van der Waals surface area contributed by atoms with Crippen LogP contribution in [0.25, 0.3) is 0 Å². The fourth-order valence-corrected chi connectivity index (χ4v) is 2.71. The maximum atomic E-state index is 12.9. The molecule has 1 heterocycles. The maximum absolute atomic E-state index is 12.9. The van der Waals surface area contributed by atoms with Crippen LogP contribution < -0.4 is 10.5 Å². The molecule has 0 bridgehead atoms. The number of hydrogen-bond donors (Lipinski definition) is 2. The highest BCUT2D eigenvalue weighted by molar-refractivity contribution is 7.91. The molecule has 0 spiro atoms. The summed E-state index contributed by atoms with van der Waals surface area (Å²) in [6.07, 6.45) is 0. The Kier molecular flexibility index (Phi) is 3.66. The molecule has 2 aromatic rings. The van der Waals surface area contributed by atoms with Gasteiger partial charge >= 0.3 is 0 Å². The van der Waals surface area contributed by atoms with Gasteiger partial charge in [0, 0.05) is 5.69 Å². The Balaban J connectivity index is 2.18. The molecule has 0 saturated heterocycles. The van der Waals surface area contributed by atoms with Gasteiger partial charge in [-0.25, -0.2) is 13.4 Å². The standard InChI is InChI=1S/C12H12FN3O2S/c13-11-6-3-7-12(15-11)16-19(17,18)8-9-4-1-2-5-10(9)14/h1-7H,8,14H2,(H,15,16). The summed E-state index contributed by atoms with van der Waals surface area (Å²) in [5, 5.41) is 0. The van der Waals surface area contributed by atoms with Crippen LogP contribution in [0.3, 0.4) is 0 Å². The monoisotopic (exact) mass is 281 g/mol. The number of nitrogen functional groups attached to an aromatic ring is 1. The third kappa shape index (κ3) is 3.65. The van der Waals surface area contributed by atoms with E-state index < -0.39 is 16.0 Å². The zero-order valence-corrected chi connectivity index (χ0v) is 10.7. The summed E-state index contributed by atoms with van der Waals surface area (Å²) < 4.78 is 38.9. The number of nitrogens with one attached hydrogen (secondary N) is 1. The SMILES string of the molecule is Nc1ccccc1CS(=O)(=O)Nc1cccc(F)n1. The van der Waals surface area contributed by atoms with Crippen LogP contribution in [-0.4, -0.2) is 13.4 Å². The number of sulfonamides is 1. The topological polar surface area (TPSA) is 85.1 Å². The smallest absolute Gasteiger partial charge is 0.238 e. The zero-order valence-electron chi connectivity index (χ0n) is 9.88. The fraction of sp³-hybridized carbons (Fsp3) is 0.0833. The zero-order chi connectivity index (χ0) is 13.9. The van der Waals surface area contributed by atoms with E-state index in [0.29, 0.717) is 11.3 Å².